The summed E-state index contributed by atoms with van der Waals surface area (Å²) in [5, 5.41) is 13.6. The molecule has 0 radical (unpaired) electrons. The van der Waals surface area contributed by atoms with Crippen molar-refractivity contribution < 1.29 is 23.1 Å². The van der Waals surface area contributed by atoms with E-state index in [1.54, 1.807) is 13.8 Å². The van der Waals surface area contributed by atoms with E-state index >= 15 is 0 Å². The Morgan fingerprint density at radius 2 is 1.67 bits per heavy atom. The lowest BCUT2D eigenvalue weighted by Crippen LogP contribution is -2.49. The summed E-state index contributed by atoms with van der Waals surface area (Å²) in [5.41, 5.74) is 0. The monoisotopic (exact) mass is 280 g/mol. The van der Waals surface area contributed by atoms with Crippen molar-refractivity contribution in [2.45, 2.75) is 32.9 Å². The number of nitrogens with one attached hydrogen (secondary N) is 2. The summed E-state index contributed by atoms with van der Waals surface area (Å²) in [6, 6.07) is -1.66. The molecule has 0 aromatic heterocycles. The van der Waals surface area contributed by atoms with Crippen LogP contribution in [0.15, 0.2) is 0 Å². The van der Waals surface area contributed by atoms with Gasteiger partial charge in [0.15, 0.2) is 0 Å². The molecule has 0 aliphatic carbocycles. The number of amides is 2. The van der Waals surface area contributed by atoms with E-state index in [-0.39, 0.29) is 5.75 Å². The van der Waals surface area contributed by atoms with Crippen LogP contribution in [0, 0.1) is 5.92 Å². The van der Waals surface area contributed by atoms with Crippen LogP contribution in [-0.4, -0.2) is 49.6 Å². The standard InChI is InChI=1S/C10H20N2O5S/c1-6(5-18(4,16)17)11-10(15)12-8(3)7(2)9(13)14/h6-8H,5H2,1-4H3,(H,13,14)(H2,11,12,15). The van der Waals surface area contributed by atoms with E-state index in [0.717, 1.165) is 6.26 Å². The molecule has 0 bridgehead atoms. The van der Waals surface area contributed by atoms with Crippen molar-refractivity contribution >= 4 is 21.8 Å². The molecular weight excluding hydrogens is 260 g/mol. The maximum absolute atomic E-state index is 11.5. The first kappa shape index (κ1) is 16.7. The topological polar surface area (TPSA) is 113 Å². The zero-order valence-electron chi connectivity index (χ0n) is 10.9. The average Bonchev–Trinajstić information content (AvgIpc) is 2.12. The van der Waals surface area contributed by atoms with Crippen molar-refractivity contribution in [2.24, 2.45) is 5.92 Å². The zero-order valence-corrected chi connectivity index (χ0v) is 11.7. The fourth-order valence-electron chi connectivity index (χ4n) is 1.31. The van der Waals surface area contributed by atoms with Gasteiger partial charge in [0.25, 0.3) is 0 Å². The van der Waals surface area contributed by atoms with Crippen molar-refractivity contribution in [3.63, 3.8) is 0 Å². The third-order valence-corrected chi connectivity index (χ3v) is 3.53. The van der Waals surface area contributed by atoms with Gasteiger partial charge in [-0.05, 0) is 20.8 Å². The average molecular weight is 280 g/mol. The van der Waals surface area contributed by atoms with Crippen molar-refractivity contribution in [3.05, 3.63) is 0 Å². The van der Waals surface area contributed by atoms with Gasteiger partial charge in [-0.3, -0.25) is 4.79 Å². The van der Waals surface area contributed by atoms with E-state index in [2.05, 4.69) is 10.6 Å². The Balaban J connectivity index is 4.23. The first-order chi connectivity index (χ1) is 8.03. The molecule has 0 aromatic carbocycles. The van der Waals surface area contributed by atoms with Gasteiger partial charge in [0.2, 0.25) is 0 Å². The van der Waals surface area contributed by atoms with E-state index in [1.165, 1.54) is 6.92 Å². The molecule has 2 amide bonds. The Kier molecular flexibility index (Phi) is 6.10. The number of carbonyl (C=O) groups is 2. The number of rotatable bonds is 6. The molecule has 0 saturated heterocycles. The number of hydrogen-bond acceptors (Lipinski definition) is 4. The van der Waals surface area contributed by atoms with Crippen molar-refractivity contribution in [1.82, 2.24) is 10.6 Å². The predicted octanol–water partition coefficient (Wildman–Crippen LogP) is -0.172. The van der Waals surface area contributed by atoms with Gasteiger partial charge in [-0.1, -0.05) is 0 Å². The van der Waals surface area contributed by atoms with E-state index in [0.29, 0.717) is 0 Å². The van der Waals surface area contributed by atoms with E-state index in [1.807, 2.05) is 0 Å². The molecule has 0 saturated carbocycles. The highest BCUT2D eigenvalue weighted by Crippen LogP contribution is 2.02. The molecule has 0 spiro atoms. The number of urea groups is 1. The van der Waals surface area contributed by atoms with Crippen LogP contribution >= 0.6 is 0 Å². The van der Waals surface area contributed by atoms with Crippen molar-refractivity contribution in [1.29, 1.82) is 0 Å². The van der Waals surface area contributed by atoms with Crippen LogP contribution in [0.25, 0.3) is 0 Å². The SMILES string of the molecule is CC(CS(C)(=O)=O)NC(=O)NC(C)C(C)C(=O)O. The number of hydrogen-bond donors (Lipinski definition) is 3. The normalized spacial score (nSPS) is 16.4. The van der Waals surface area contributed by atoms with E-state index in [4.69, 9.17) is 5.11 Å². The molecule has 3 unspecified atom stereocenters. The second-order valence-electron chi connectivity index (χ2n) is 4.53. The van der Waals surface area contributed by atoms with Crippen LogP contribution in [0.4, 0.5) is 4.79 Å². The highest BCUT2D eigenvalue weighted by atomic mass is 32.2. The van der Waals surface area contributed by atoms with Gasteiger partial charge < -0.3 is 15.7 Å². The Morgan fingerprint density at radius 3 is 2.06 bits per heavy atom. The molecule has 0 fully saturated rings. The van der Waals surface area contributed by atoms with Gasteiger partial charge in [0, 0.05) is 18.3 Å². The van der Waals surface area contributed by atoms with Gasteiger partial charge in [-0.2, -0.15) is 0 Å². The minimum atomic E-state index is -3.16. The number of aliphatic carboxylic acids is 1. The fraction of sp³-hybridized carbons (Fsp3) is 0.800. The lowest BCUT2D eigenvalue weighted by atomic mass is 10.0. The van der Waals surface area contributed by atoms with Crippen LogP contribution < -0.4 is 10.6 Å². The summed E-state index contributed by atoms with van der Waals surface area (Å²) >= 11 is 0. The van der Waals surface area contributed by atoms with Gasteiger partial charge in [-0.15, -0.1) is 0 Å². The molecule has 8 heteroatoms. The molecular formula is C10H20N2O5S. The maximum atomic E-state index is 11.5. The summed E-state index contributed by atoms with van der Waals surface area (Å²) in [7, 11) is -3.16. The summed E-state index contributed by atoms with van der Waals surface area (Å²) in [5.74, 6) is -1.89. The quantitative estimate of drug-likeness (QED) is 0.625. The van der Waals surface area contributed by atoms with Crippen LogP contribution in [0.1, 0.15) is 20.8 Å². The second-order valence-corrected chi connectivity index (χ2v) is 6.71. The molecule has 0 aliphatic heterocycles. The lowest BCUT2D eigenvalue weighted by molar-refractivity contribution is -0.141. The van der Waals surface area contributed by atoms with Crippen LogP contribution in [0.2, 0.25) is 0 Å². The smallest absolute Gasteiger partial charge is 0.315 e. The van der Waals surface area contributed by atoms with Crippen LogP contribution in [-0.2, 0) is 14.6 Å². The van der Waals surface area contributed by atoms with Gasteiger partial charge in [0.05, 0.1) is 11.7 Å². The van der Waals surface area contributed by atoms with Gasteiger partial charge in [-0.25, -0.2) is 13.2 Å². The molecule has 7 nitrogen and oxygen atoms in total. The van der Waals surface area contributed by atoms with Crippen LogP contribution in [0.3, 0.4) is 0 Å². The fourth-order valence-corrected chi connectivity index (χ4v) is 2.30. The highest BCUT2D eigenvalue weighted by molar-refractivity contribution is 7.90. The molecule has 0 rings (SSSR count). The number of carboxylic acids is 1. The Labute approximate surface area is 107 Å². The van der Waals surface area contributed by atoms with Gasteiger partial charge >= 0.3 is 12.0 Å². The molecule has 0 aliphatic rings. The largest absolute Gasteiger partial charge is 0.481 e. The predicted molar refractivity (Wildman–Crippen MR) is 67.1 cm³/mol. The van der Waals surface area contributed by atoms with Crippen LogP contribution in [0.5, 0.6) is 0 Å². The lowest BCUT2D eigenvalue weighted by Gasteiger charge is -2.20. The summed E-state index contributed by atoms with van der Waals surface area (Å²) in [4.78, 5) is 22.1. The summed E-state index contributed by atoms with van der Waals surface area (Å²) in [6.07, 6.45) is 1.08. The minimum Gasteiger partial charge on any atom is -0.481 e. The minimum absolute atomic E-state index is 0.163. The Hall–Kier alpha value is -1.31. The third kappa shape index (κ3) is 7.10. The number of carboxylic acid groups (broad SMARTS) is 1. The summed E-state index contributed by atoms with van der Waals surface area (Å²) in [6.45, 7) is 4.61. The molecule has 106 valence electrons. The number of sulfone groups is 1. The molecule has 3 N–H and O–H groups in total. The molecule has 18 heavy (non-hydrogen) atoms. The third-order valence-electron chi connectivity index (χ3n) is 2.43. The van der Waals surface area contributed by atoms with Gasteiger partial charge in [0.1, 0.15) is 9.84 Å². The first-order valence-electron chi connectivity index (χ1n) is 5.50. The maximum Gasteiger partial charge on any atom is 0.315 e. The Morgan fingerprint density at radius 1 is 1.17 bits per heavy atom. The molecule has 3 atom stereocenters. The number of carbonyl (C=O) groups excluding carboxylic acids is 1. The molecule has 0 aromatic rings. The highest BCUT2D eigenvalue weighted by Gasteiger charge is 2.21. The van der Waals surface area contributed by atoms with Crippen molar-refractivity contribution in [3.8, 4) is 0 Å². The van der Waals surface area contributed by atoms with E-state index in [9.17, 15) is 18.0 Å². The zero-order chi connectivity index (χ0) is 14.5. The summed E-state index contributed by atoms with van der Waals surface area (Å²) < 4.78 is 22.0. The second kappa shape index (κ2) is 6.58. The first-order valence-corrected chi connectivity index (χ1v) is 7.56. The molecule has 0 heterocycles. The Bertz CT molecular complexity index is 406. The van der Waals surface area contributed by atoms with Crippen molar-refractivity contribution in [2.75, 3.05) is 12.0 Å². The van der Waals surface area contributed by atoms with E-state index < -0.39 is 39.8 Å².